The summed E-state index contributed by atoms with van der Waals surface area (Å²) in [6.07, 6.45) is 1.95. The van der Waals surface area contributed by atoms with Gasteiger partial charge in [0.1, 0.15) is 0 Å². The summed E-state index contributed by atoms with van der Waals surface area (Å²) in [6.45, 7) is 4.90. The van der Waals surface area contributed by atoms with E-state index >= 15 is 0 Å². The SMILES string of the molecule is CCc1nn(C)c(CC)c1-c1cccc(CN)c1. The summed E-state index contributed by atoms with van der Waals surface area (Å²) in [7, 11) is 2.02. The van der Waals surface area contributed by atoms with Crippen LogP contribution in [0.3, 0.4) is 0 Å². The molecular weight excluding hydrogens is 222 g/mol. The molecule has 1 heterocycles. The van der Waals surface area contributed by atoms with Crippen LogP contribution in [0.15, 0.2) is 24.3 Å². The fourth-order valence-corrected chi connectivity index (χ4v) is 2.46. The van der Waals surface area contributed by atoms with Crippen LogP contribution < -0.4 is 5.73 Å². The maximum atomic E-state index is 5.72. The fourth-order valence-electron chi connectivity index (χ4n) is 2.46. The maximum absolute atomic E-state index is 5.72. The van der Waals surface area contributed by atoms with Gasteiger partial charge in [-0.05, 0) is 30.0 Å². The van der Waals surface area contributed by atoms with Crippen LogP contribution in [0.1, 0.15) is 30.8 Å². The molecule has 0 saturated heterocycles. The van der Waals surface area contributed by atoms with Crippen molar-refractivity contribution in [3.05, 3.63) is 41.2 Å². The molecule has 96 valence electrons. The standard InChI is InChI=1S/C15H21N3/c1-4-13-15(14(5-2)18(3)17-13)12-8-6-7-11(9-12)10-16/h6-9H,4-5,10,16H2,1-3H3. The van der Waals surface area contributed by atoms with Crippen LogP contribution in [0.2, 0.25) is 0 Å². The van der Waals surface area contributed by atoms with Gasteiger partial charge in [0.2, 0.25) is 0 Å². The Labute approximate surface area is 109 Å². The van der Waals surface area contributed by atoms with Gasteiger partial charge in [0.05, 0.1) is 5.69 Å². The van der Waals surface area contributed by atoms with Crippen LogP contribution in [0.25, 0.3) is 11.1 Å². The third kappa shape index (κ3) is 2.18. The highest BCUT2D eigenvalue weighted by molar-refractivity contribution is 5.69. The minimum atomic E-state index is 0.580. The van der Waals surface area contributed by atoms with E-state index in [4.69, 9.17) is 5.73 Å². The van der Waals surface area contributed by atoms with Crippen LogP contribution in [0.5, 0.6) is 0 Å². The Morgan fingerprint density at radius 1 is 1.22 bits per heavy atom. The summed E-state index contributed by atoms with van der Waals surface area (Å²) in [4.78, 5) is 0. The number of benzene rings is 1. The molecule has 2 N–H and O–H groups in total. The summed E-state index contributed by atoms with van der Waals surface area (Å²) in [5.74, 6) is 0. The zero-order valence-electron chi connectivity index (χ0n) is 11.4. The summed E-state index contributed by atoms with van der Waals surface area (Å²) >= 11 is 0. The first-order valence-corrected chi connectivity index (χ1v) is 6.55. The molecule has 0 fully saturated rings. The van der Waals surface area contributed by atoms with Crippen molar-refractivity contribution in [2.24, 2.45) is 12.8 Å². The normalized spacial score (nSPS) is 10.9. The third-order valence-electron chi connectivity index (χ3n) is 3.36. The van der Waals surface area contributed by atoms with Crippen molar-refractivity contribution in [3.8, 4) is 11.1 Å². The predicted octanol–water partition coefficient (Wildman–Crippen LogP) is 2.67. The highest BCUT2D eigenvalue weighted by Gasteiger charge is 2.15. The second-order valence-corrected chi connectivity index (χ2v) is 4.50. The van der Waals surface area contributed by atoms with Crippen LogP contribution in [-0.4, -0.2) is 9.78 Å². The van der Waals surface area contributed by atoms with Gasteiger partial charge in [-0.25, -0.2) is 0 Å². The zero-order valence-corrected chi connectivity index (χ0v) is 11.4. The molecule has 18 heavy (non-hydrogen) atoms. The van der Waals surface area contributed by atoms with Gasteiger partial charge < -0.3 is 5.73 Å². The van der Waals surface area contributed by atoms with Gasteiger partial charge in [0, 0.05) is 24.8 Å². The van der Waals surface area contributed by atoms with Crippen molar-refractivity contribution >= 4 is 0 Å². The van der Waals surface area contributed by atoms with E-state index in [9.17, 15) is 0 Å². The summed E-state index contributed by atoms with van der Waals surface area (Å²) in [5, 5.41) is 4.62. The van der Waals surface area contributed by atoms with E-state index in [1.165, 1.54) is 28.1 Å². The first-order valence-electron chi connectivity index (χ1n) is 6.55. The van der Waals surface area contributed by atoms with Crippen molar-refractivity contribution in [1.82, 2.24) is 9.78 Å². The highest BCUT2D eigenvalue weighted by atomic mass is 15.3. The van der Waals surface area contributed by atoms with E-state index in [0.29, 0.717) is 6.54 Å². The Hall–Kier alpha value is -1.61. The minimum absolute atomic E-state index is 0.580. The third-order valence-corrected chi connectivity index (χ3v) is 3.36. The number of nitrogens with two attached hydrogens (primary N) is 1. The molecular formula is C15H21N3. The average molecular weight is 243 g/mol. The second kappa shape index (κ2) is 5.36. The minimum Gasteiger partial charge on any atom is -0.326 e. The Kier molecular flexibility index (Phi) is 3.82. The number of hydrogen-bond donors (Lipinski definition) is 1. The lowest BCUT2D eigenvalue weighted by Crippen LogP contribution is -1.98. The van der Waals surface area contributed by atoms with Crippen LogP contribution >= 0.6 is 0 Å². The molecule has 0 atom stereocenters. The average Bonchev–Trinajstić information content (AvgIpc) is 2.74. The zero-order chi connectivity index (χ0) is 13.1. The summed E-state index contributed by atoms with van der Waals surface area (Å²) in [5.41, 5.74) is 11.9. The van der Waals surface area contributed by atoms with Gasteiger partial charge in [-0.2, -0.15) is 5.10 Å². The molecule has 0 unspecified atom stereocenters. The topological polar surface area (TPSA) is 43.8 Å². The molecule has 0 bridgehead atoms. The van der Waals surface area contributed by atoms with Crippen molar-refractivity contribution in [2.45, 2.75) is 33.2 Å². The van der Waals surface area contributed by atoms with E-state index in [0.717, 1.165) is 12.8 Å². The Bertz CT molecular complexity index is 541. The molecule has 0 spiro atoms. The van der Waals surface area contributed by atoms with Gasteiger partial charge in [-0.15, -0.1) is 0 Å². The summed E-state index contributed by atoms with van der Waals surface area (Å²) < 4.78 is 2.00. The highest BCUT2D eigenvalue weighted by Crippen LogP contribution is 2.28. The molecule has 2 rings (SSSR count). The first-order chi connectivity index (χ1) is 8.71. The Morgan fingerprint density at radius 2 is 2.00 bits per heavy atom. The maximum Gasteiger partial charge on any atom is 0.0703 e. The molecule has 2 aromatic rings. The second-order valence-electron chi connectivity index (χ2n) is 4.50. The molecule has 3 nitrogen and oxygen atoms in total. The molecule has 0 saturated carbocycles. The Balaban J connectivity index is 2.60. The molecule has 0 aliphatic rings. The first kappa shape index (κ1) is 12.8. The number of nitrogens with zero attached hydrogens (tertiary/aromatic N) is 2. The van der Waals surface area contributed by atoms with Gasteiger partial charge in [0.25, 0.3) is 0 Å². The number of aromatic nitrogens is 2. The van der Waals surface area contributed by atoms with Gasteiger partial charge >= 0.3 is 0 Å². The van der Waals surface area contributed by atoms with E-state index < -0.39 is 0 Å². The molecule has 1 aromatic carbocycles. The van der Waals surface area contributed by atoms with Gasteiger partial charge in [-0.1, -0.05) is 32.0 Å². The lowest BCUT2D eigenvalue weighted by atomic mass is 9.99. The quantitative estimate of drug-likeness (QED) is 0.897. The van der Waals surface area contributed by atoms with E-state index in [1.807, 2.05) is 11.7 Å². The fraction of sp³-hybridized carbons (Fsp3) is 0.400. The van der Waals surface area contributed by atoms with Crippen molar-refractivity contribution < 1.29 is 0 Å². The summed E-state index contributed by atoms with van der Waals surface area (Å²) in [6, 6.07) is 8.46. The van der Waals surface area contributed by atoms with Crippen molar-refractivity contribution in [3.63, 3.8) is 0 Å². The Morgan fingerprint density at radius 3 is 2.61 bits per heavy atom. The largest absolute Gasteiger partial charge is 0.326 e. The lowest BCUT2D eigenvalue weighted by molar-refractivity contribution is 0.705. The number of aryl methyl sites for hydroxylation is 2. The van der Waals surface area contributed by atoms with E-state index in [-0.39, 0.29) is 0 Å². The number of rotatable bonds is 4. The monoisotopic (exact) mass is 243 g/mol. The molecule has 0 radical (unpaired) electrons. The van der Waals surface area contributed by atoms with Gasteiger partial charge in [0.15, 0.2) is 0 Å². The van der Waals surface area contributed by atoms with Crippen LogP contribution in [-0.2, 0) is 26.4 Å². The van der Waals surface area contributed by atoms with Gasteiger partial charge in [-0.3, -0.25) is 4.68 Å². The van der Waals surface area contributed by atoms with Crippen LogP contribution in [0, 0.1) is 0 Å². The van der Waals surface area contributed by atoms with Crippen LogP contribution in [0.4, 0.5) is 0 Å². The molecule has 0 aliphatic carbocycles. The van der Waals surface area contributed by atoms with E-state index in [1.54, 1.807) is 0 Å². The van der Waals surface area contributed by atoms with E-state index in [2.05, 4.69) is 43.2 Å². The molecule has 0 aliphatic heterocycles. The predicted molar refractivity (Wildman–Crippen MR) is 75.3 cm³/mol. The van der Waals surface area contributed by atoms with Crippen molar-refractivity contribution in [1.29, 1.82) is 0 Å². The lowest BCUT2D eigenvalue weighted by Gasteiger charge is -2.07. The smallest absolute Gasteiger partial charge is 0.0703 e. The molecule has 0 amide bonds. The molecule has 3 heteroatoms. The van der Waals surface area contributed by atoms with Crippen molar-refractivity contribution in [2.75, 3.05) is 0 Å². The number of hydrogen-bond acceptors (Lipinski definition) is 2. The molecule has 1 aromatic heterocycles.